The zero-order chi connectivity index (χ0) is 12.5. The van der Waals surface area contributed by atoms with Crippen LogP contribution >= 0.6 is 15.9 Å². The summed E-state index contributed by atoms with van der Waals surface area (Å²) in [6, 6.07) is 13.1. The summed E-state index contributed by atoms with van der Waals surface area (Å²) in [6.45, 7) is 0. The fourth-order valence-corrected chi connectivity index (χ4v) is 2.26. The van der Waals surface area contributed by atoms with Crippen molar-refractivity contribution in [1.82, 2.24) is 0 Å². The Bertz CT molecular complexity index is 625. The van der Waals surface area contributed by atoms with Crippen LogP contribution in [0, 0.1) is 0 Å². The molecule has 0 aliphatic carbocycles. The van der Waals surface area contributed by atoms with Crippen LogP contribution in [-0.4, -0.2) is 11.1 Å². The molecule has 3 rings (SSSR count). The number of hydrogen-bond acceptors (Lipinski definition) is 3. The zero-order valence-corrected chi connectivity index (χ0v) is 11.0. The molecular formula is C14H10BrNO2. The summed E-state index contributed by atoms with van der Waals surface area (Å²) in [7, 11) is 0. The first-order chi connectivity index (χ1) is 8.79. The second-order valence-electron chi connectivity index (χ2n) is 3.96. The van der Waals surface area contributed by atoms with E-state index in [1.54, 1.807) is 6.07 Å². The van der Waals surface area contributed by atoms with Crippen LogP contribution in [0.5, 0.6) is 11.5 Å². The number of ether oxygens (including phenoxy) is 1. The second kappa shape index (κ2) is 4.46. The number of nitrogens with one attached hydrogen (secondary N) is 1. The van der Waals surface area contributed by atoms with Gasteiger partial charge in [0.1, 0.15) is 0 Å². The van der Waals surface area contributed by atoms with Crippen LogP contribution in [0.3, 0.4) is 0 Å². The molecule has 90 valence electrons. The molecule has 0 amide bonds. The Morgan fingerprint density at radius 3 is 2.72 bits per heavy atom. The summed E-state index contributed by atoms with van der Waals surface area (Å²) < 4.78 is 5.78. The van der Waals surface area contributed by atoms with E-state index in [1.165, 1.54) is 0 Å². The van der Waals surface area contributed by atoms with Crippen LogP contribution in [0.4, 0.5) is 11.4 Å². The zero-order valence-electron chi connectivity index (χ0n) is 9.44. The summed E-state index contributed by atoms with van der Waals surface area (Å²) in [5.41, 5.74) is 2.25. The maximum absolute atomic E-state index is 11.9. The van der Waals surface area contributed by atoms with Crippen molar-refractivity contribution >= 4 is 33.1 Å². The Morgan fingerprint density at radius 1 is 1.11 bits per heavy atom. The molecule has 0 fully saturated rings. The van der Waals surface area contributed by atoms with Crippen LogP contribution in [0.2, 0.25) is 0 Å². The Hall–Kier alpha value is -1.81. The van der Waals surface area contributed by atoms with Crippen molar-refractivity contribution in [3.63, 3.8) is 0 Å². The minimum absolute atomic E-state index is 0.0299. The van der Waals surface area contributed by atoms with Crippen LogP contribution in [0.25, 0.3) is 0 Å². The molecule has 2 aromatic carbocycles. The Balaban J connectivity index is 2.10. The van der Waals surface area contributed by atoms with E-state index in [9.17, 15) is 4.79 Å². The van der Waals surface area contributed by atoms with Gasteiger partial charge in [0.15, 0.2) is 17.3 Å². The third kappa shape index (κ3) is 1.78. The first-order valence-electron chi connectivity index (χ1n) is 5.55. The van der Waals surface area contributed by atoms with Crippen molar-refractivity contribution < 1.29 is 9.53 Å². The quantitative estimate of drug-likeness (QED) is 0.572. The normalized spacial score (nSPS) is 11.8. The largest absolute Gasteiger partial charge is 0.453 e. The molecule has 0 radical (unpaired) electrons. The molecule has 0 spiro atoms. The lowest BCUT2D eigenvalue weighted by atomic mass is 10.1. The van der Waals surface area contributed by atoms with Gasteiger partial charge >= 0.3 is 0 Å². The van der Waals surface area contributed by atoms with E-state index in [4.69, 9.17) is 4.74 Å². The van der Waals surface area contributed by atoms with E-state index in [-0.39, 0.29) is 5.78 Å². The minimum atomic E-state index is 0.0299. The monoisotopic (exact) mass is 303 g/mol. The van der Waals surface area contributed by atoms with Gasteiger partial charge in [0.2, 0.25) is 0 Å². The number of rotatable bonds is 2. The molecule has 2 aromatic rings. The number of ketones is 1. The summed E-state index contributed by atoms with van der Waals surface area (Å²) in [6.07, 6.45) is 0. The van der Waals surface area contributed by atoms with Crippen molar-refractivity contribution in [3.05, 3.63) is 48.0 Å². The van der Waals surface area contributed by atoms with Gasteiger partial charge in [0, 0.05) is 5.56 Å². The Morgan fingerprint density at radius 2 is 1.89 bits per heavy atom. The standard InChI is InChI=1S/C14H10BrNO2/c15-8-11(17)9-4-3-7-13-14(9)16-10-5-1-2-6-12(10)18-13/h1-7,16H,8H2. The topological polar surface area (TPSA) is 38.3 Å². The predicted molar refractivity (Wildman–Crippen MR) is 74.4 cm³/mol. The summed E-state index contributed by atoms with van der Waals surface area (Å²) >= 11 is 3.19. The number of anilines is 2. The molecule has 0 atom stereocenters. The number of Topliss-reactive ketones (excluding diaryl/α,β-unsaturated/α-hetero) is 1. The third-order valence-corrected chi connectivity index (χ3v) is 3.32. The summed E-state index contributed by atoms with van der Waals surface area (Å²) in [5.74, 6) is 1.48. The fraction of sp³-hybridized carbons (Fsp3) is 0.0714. The predicted octanol–water partition coefficient (Wildman–Crippen LogP) is 4.11. The number of carbonyl (C=O) groups excluding carboxylic acids is 1. The van der Waals surface area contributed by atoms with E-state index in [0.29, 0.717) is 16.6 Å². The lowest BCUT2D eigenvalue weighted by molar-refractivity contribution is 0.102. The molecule has 1 heterocycles. The van der Waals surface area contributed by atoms with Crippen molar-refractivity contribution in [3.8, 4) is 11.5 Å². The SMILES string of the molecule is O=C(CBr)c1cccc2c1Nc1ccccc1O2. The smallest absolute Gasteiger partial charge is 0.175 e. The number of benzene rings is 2. The van der Waals surface area contributed by atoms with E-state index in [1.807, 2.05) is 36.4 Å². The minimum Gasteiger partial charge on any atom is -0.453 e. The third-order valence-electron chi connectivity index (χ3n) is 2.81. The molecule has 0 saturated carbocycles. The highest BCUT2D eigenvalue weighted by Crippen LogP contribution is 2.43. The van der Waals surface area contributed by atoms with Gasteiger partial charge in [0.25, 0.3) is 0 Å². The fourth-order valence-electron chi connectivity index (χ4n) is 1.96. The molecule has 0 aromatic heterocycles. The number of fused-ring (bicyclic) bond motifs is 2. The lowest BCUT2D eigenvalue weighted by Gasteiger charge is -2.23. The average molecular weight is 304 g/mol. The highest BCUT2D eigenvalue weighted by molar-refractivity contribution is 9.09. The second-order valence-corrected chi connectivity index (χ2v) is 4.52. The van der Waals surface area contributed by atoms with Gasteiger partial charge in [-0.1, -0.05) is 34.1 Å². The van der Waals surface area contributed by atoms with Crippen LogP contribution in [0.15, 0.2) is 42.5 Å². The van der Waals surface area contributed by atoms with Gasteiger partial charge < -0.3 is 10.1 Å². The van der Waals surface area contributed by atoms with Gasteiger partial charge in [0.05, 0.1) is 16.7 Å². The molecule has 18 heavy (non-hydrogen) atoms. The van der Waals surface area contributed by atoms with Crippen molar-refractivity contribution in [2.24, 2.45) is 0 Å². The molecule has 0 bridgehead atoms. The van der Waals surface area contributed by atoms with E-state index in [2.05, 4.69) is 21.2 Å². The van der Waals surface area contributed by atoms with Crippen molar-refractivity contribution in [2.75, 3.05) is 10.6 Å². The molecule has 1 aliphatic heterocycles. The van der Waals surface area contributed by atoms with Crippen molar-refractivity contribution in [2.45, 2.75) is 0 Å². The maximum Gasteiger partial charge on any atom is 0.175 e. The van der Waals surface area contributed by atoms with Gasteiger partial charge in [-0.25, -0.2) is 0 Å². The lowest BCUT2D eigenvalue weighted by Crippen LogP contribution is -2.09. The van der Waals surface area contributed by atoms with Gasteiger partial charge in [-0.3, -0.25) is 4.79 Å². The van der Waals surface area contributed by atoms with Crippen molar-refractivity contribution in [1.29, 1.82) is 0 Å². The Labute approximate surface area is 113 Å². The van der Waals surface area contributed by atoms with Gasteiger partial charge in [-0.15, -0.1) is 0 Å². The Kier molecular flexibility index (Phi) is 2.80. The molecule has 4 heteroatoms. The number of alkyl halides is 1. The first-order valence-corrected chi connectivity index (χ1v) is 6.68. The van der Waals surface area contributed by atoms with E-state index in [0.717, 1.165) is 17.1 Å². The number of halogens is 1. The molecular weight excluding hydrogens is 294 g/mol. The van der Waals surface area contributed by atoms with Crippen LogP contribution in [-0.2, 0) is 0 Å². The number of carbonyl (C=O) groups is 1. The van der Waals surface area contributed by atoms with Gasteiger partial charge in [-0.2, -0.15) is 0 Å². The molecule has 0 saturated heterocycles. The van der Waals surface area contributed by atoms with Crippen LogP contribution in [0.1, 0.15) is 10.4 Å². The molecule has 0 unspecified atom stereocenters. The maximum atomic E-state index is 11.9. The number of para-hydroxylation sites is 3. The molecule has 3 nitrogen and oxygen atoms in total. The van der Waals surface area contributed by atoms with Gasteiger partial charge in [-0.05, 0) is 24.3 Å². The van der Waals surface area contributed by atoms with E-state index >= 15 is 0 Å². The van der Waals surface area contributed by atoms with E-state index < -0.39 is 0 Å². The van der Waals surface area contributed by atoms with Crippen LogP contribution < -0.4 is 10.1 Å². The summed E-state index contributed by atoms with van der Waals surface area (Å²) in [5, 5.41) is 3.56. The summed E-state index contributed by atoms with van der Waals surface area (Å²) in [4.78, 5) is 11.9. The molecule has 1 aliphatic rings. The highest BCUT2D eigenvalue weighted by atomic mass is 79.9. The first kappa shape index (κ1) is 11.3. The number of hydrogen-bond donors (Lipinski definition) is 1. The molecule has 1 N–H and O–H groups in total. The average Bonchev–Trinajstić information content (AvgIpc) is 2.43. The highest BCUT2D eigenvalue weighted by Gasteiger charge is 2.21.